The Morgan fingerprint density at radius 1 is 1.15 bits per heavy atom. The van der Waals surface area contributed by atoms with E-state index in [0.717, 1.165) is 25.9 Å². The average Bonchev–Trinajstić information content (AvgIpc) is 2.80. The van der Waals surface area contributed by atoms with Crippen molar-refractivity contribution in [3.63, 3.8) is 0 Å². The Hall–Kier alpha value is -1.32. The number of fused-ring (bicyclic) bond motifs is 1. The third-order valence-electron chi connectivity index (χ3n) is 3.52. The Bertz CT molecular complexity index is 552. The van der Waals surface area contributed by atoms with Crippen LogP contribution in [-0.4, -0.2) is 21.8 Å². The van der Waals surface area contributed by atoms with Gasteiger partial charge in [-0.1, -0.05) is 12.1 Å². The summed E-state index contributed by atoms with van der Waals surface area (Å²) >= 11 is 0. The van der Waals surface area contributed by atoms with Gasteiger partial charge in [0.25, 0.3) is 0 Å². The van der Waals surface area contributed by atoms with Crippen LogP contribution in [0.5, 0.6) is 0 Å². The zero-order valence-electron chi connectivity index (χ0n) is 12.8. The molecule has 20 heavy (non-hydrogen) atoms. The maximum absolute atomic E-state index is 8.88. The molecule has 0 saturated heterocycles. The molecule has 0 aliphatic rings. The number of rotatable bonds is 6. The van der Waals surface area contributed by atoms with Gasteiger partial charge in [-0.05, 0) is 51.3 Å². The van der Waals surface area contributed by atoms with Crippen molar-refractivity contribution in [2.75, 3.05) is 6.61 Å². The number of aryl methyl sites for hydroxylation is 1. The number of nitrogens with one attached hydrogen (secondary N) is 1. The molecule has 3 nitrogen and oxygen atoms in total. The van der Waals surface area contributed by atoms with Gasteiger partial charge >= 0.3 is 0 Å². The summed E-state index contributed by atoms with van der Waals surface area (Å²) < 4.78 is 2.28. The molecule has 2 N–H and O–H groups in total. The first-order chi connectivity index (χ1) is 9.51. The van der Waals surface area contributed by atoms with Crippen LogP contribution in [0.1, 0.15) is 39.2 Å². The van der Waals surface area contributed by atoms with Crippen molar-refractivity contribution in [1.82, 2.24) is 9.88 Å². The van der Waals surface area contributed by atoms with Crippen LogP contribution in [0.2, 0.25) is 0 Å². The van der Waals surface area contributed by atoms with Gasteiger partial charge < -0.3 is 15.0 Å². The van der Waals surface area contributed by atoms with E-state index in [2.05, 4.69) is 61.1 Å². The summed E-state index contributed by atoms with van der Waals surface area (Å²) in [7, 11) is 0. The van der Waals surface area contributed by atoms with E-state index in [0.29, 0.717) is 0 Å². The molecule has 1 heterocycles. The summed E-state index contributed by atoms with van der Waals surface area (Å²) in [5.74, 6) is 0. The minimum atomic E-state index is 0.131. The molecule has 2 aromatic rings. The van der Waals surface area contributed by atoms with Gasteiger partial charge in [0.05, 0.1) is 0 Å². The molecule has 0 bridgehead atoms. The van der Waals surface area contributed by atoms with E-state index in [1.54, 1.807) is 0 Å². The smallest absolute Gasteiger partial charge is 0.0483 e. The molecule has 2 rings (SSSR count). The van der Waals surface area contributed by atoms with Crippen LogP contribution in [0.25, 0.3) is 10.9 Å². The SMILES string of the molecule is CC(C)(C)NCc1cccc2c1ccn2CCCCO. The number of aliphatic hydroxyl groups excluding tert-OH is 1. The van der Waals surface area contributed by atoms with E-state index >= 15 is 0 Å². The molecular weight excluding hydrogens is 248 g/mol. The summed E-state index contributed by atoms with van der Waals surface area (Å²) in [4.78, 5) is 0. The predicted molar refractivity (Wildman–Crippen MR) is 84.9 cm³/mol. The largest absolute Gasteiger partial charge is 0.396 e. The molecule has 0 atom stereocenters. The van der Waals surface area contributed by atoms with E-state index < -0.39 is 0 Å². The molecule has 0 amide bonds. The third kappa shape index (κ3) is 3.84. The number of hydrogen-bond donors (Lipinski definition) is 2. The van der Waals surface area contributed by atoms with Gasteiger partial charge in [-0.3, -0.25) is 0 Å². The Morgan fingerprint density at radius 3 is 2.65 bits per heavy atom. The highest BCUT2D eigenvalue weighted by Gasteiger charge is 2.10. The number of aromatic nitrogens is 1. The summed E-state index contributed by atoms with van der Waals surface area (Å²) in [6.45, 7) is 8.70. The highest BCUT2D eigenvalue weighted by Crippen LogP contribution is 2.21. The second kappa shape index (κ2) is 6.42. The van der Waals surface area contributed by atoms with Crippen LogP contribution < -0.4 is 5.32 Å². The number of unbranched alkanes of at least 4 members (excludes halogenated alkanes) is 1. The summed E-state index contributed by atoms with van der Waals surface area (Å²) in [6, 6.07) is 8.70. The Kier molecular flexibility index (Phi) is 4.84. The molecule has 0 spiro atoms. The second-order valence-corrected chi connectivity index (χ2v) is 6.39. The maximum atomic E-state index is 8.88. The molecule has 0 fully saturated rings. The van der Waals surface area contributed by atoms with Crippen molar-refractivity contribution in [3.8, 4) is 0 Å². The zero-order valence-corrected chi connectivity index (χ0v) is 12.8. The van der Waals surface area contributed by atoms with Gasteiger partial charge in [0.2, 0.25) is 0 Å². The van der Waals surface area contributed by atoms with Crippen LogP contribution >= 0.6 is 0 Å². The van der Waals surface area contributed by atoms with Gasteiger partial charge in [-0.2, -0.15) is 0 Å². The number of aliphatic hydroxyl groups is 1. The monoisotopic (exact) mass is 274 g/mol. The lowest BCUT2D eigenvalue weighted by molar-refractivity contribution is 0.281. The fraction of sp³-hybridized carbons (Fsp3) is 0.529. The van der Waals surface area contributed by atoms with Gasteiger partial charge in [0, 0.05) is 42.3 Å². The standard InChI is InChI=1S/C17H26N2O/c1-17(2,3)18-13-14-7-6-8-16-15(14)9-11-19(16)10-4-5-12-20/h6-9,11,18,20H,4-5,10,12-13H2,1-3H3. The molecule has 0 unspecified atom stereocenters. The van der Waals surface area contributed by atoms with Crippen LogP contribution in [0.4, 0.5) is 0 Å². The van der Waals surface area contributed by atoms with Crippen LogP contribution in [0.15, 0.2) is 30.5 Å². The summed E-state index contributed by atoms with van der Waals surface area (Å²) in [5, 5.41) is 13.8. The molecule has 1 aromatic heterocycles. The normalized spacial score (nSPS) is 12.2. The first-order valence-corrected chi connectivity index (χ1v) is 7.44. The molecule has 1 aromatic carbocycles. The van der Waals surface area contributed by atoms with Crippen molar-refractivity contribution < 1.29 is 5.11 Å². The fourth-order valence-electron chi connectivity index (χ4n) is 2.39. The lowest BCUT2D eigenvalue weighted by Crippen LogP contribution is -2.35. The Morgan fingerprint density at radius 2 is 1.95 bits per heavy atom. The quantitative estimate of drug-likeness (QED) is 0.793. The number of hydrogen-bond acceptors (Lipinski definition) is 2. The Balaban J connectivity index is 2.17. The lowest BCUT2D eigenvalue weighted by atomic mass is 10.1. The van der Waals surface area contributed by atoms with Gasteiger partial charge in [-0.15, -0.1) is 0 Å². The van der Waals surface area contributed by atoms with Crippen LogP contribution in [-0.2, 0) is 13.1 Å². The van der Waals surface area contributed by atoms with Crippen molar-refractivity contribution in [3.05, 3.63) is 36.0 Å². The van der Waals surface area contributed by atoms with Crippen molar-refractivity contribution in [2.24, 2.45) is 0 Å². The van der Waals surface area contributed by atoms with E-state index in [1.807, 2.05) is 0 Å². The number of nitrogens with zero attached hydrogens (tertiary/aromatic N) is 1. The van der Waals surface area contributed by atoms with E-state index in [9.17, 15) is 0 Å². The highest BCUT2D eigenvalue weighted by molar-refractivity contribution is 5.83. The first-order valence-electron chi connectivity index (χ1n) is 7.44. The van der Waals surface area contributed by atoms with Crippen LogP contribution in [0, 0.1) is 0 Å². The topological polar surface area (TPSA) is 37.2 Å². The van der Waals surface area contributed by atoms with Gasteiger partial charge in [-0.25, -0.2) is 0 Å². The molecular formula is C17H26N2O. The fourth-order valence-corrected chi connectivity index (χ4v) is 2.39. The minimum Gasteiger partial charge on any atom is -0.396 e. The zero-order chi connectivity index (χ0) is 14.6. The summed E-state index contributed by atoms with van der Waals surface area (Å²) in [6.07, 6.45) is 4.04. The van der Waals surface area contributed by atoms with Crippen molar-refractivity contribution in [2.45, 2.75) is 52.2 Å². The van der Waals surface area contributed by atoms with Gasteiger partial charge in [0.15, 0.2) is 0 Å². The van der Waals surface area contributed by atoms with E-state index in [-0.39, 0.29) is 12.1 Å². The molecule has 0 saturated carbocycles. The molecule has 0 aliphatic carbocycles. The molecule has 110 valence electrons. The predicted octanol–water partition coefficient (Wildman–Crippen LogP) is 3.30. The van der Waals surface area contributed by atoms with E-state index in [4.69, 9.17) is 5.11 Å². The summed E-state index contributed by atoms with van der Waals surface area (Å²) in [5.41, 5.74) is 2.76. The molecule has 0 radical (unpaired) electrons. The first kappa shape index (κ1) is 15.1. The number of benzene rings is 1. The maximum Gasteiger partial charge on any atom is 0.0483 e. The minimum absolute atomic E-state index is 0.131. The average molecular weight is 274 g/mol. The molecule has 3 heteroatoms. The van der Waals surface area contributed by atoms with Crippen molar-refractivity contribution >= 4 is 10.9 Å². The second-order valence-electron chi connectivity index (χ2n) is 6.39. The molecule has 0 aliphatic heterocycles. The van der Waals surface area contributed by atoms with Crippen molar-refractivity contribution in [1.29, 1.82) is 0 Å². The van der Waals surface area contributed by atoms with Gasteiger partial charge in [0.1, 0.15) is 0 Å². The highest BCUT2D eigenvalue weighted by atomic mass is 16.2. The van der Waals surface area contributed by atoms with Crippen LogP contribution in [0.3, 0.4) is 0 Å². The lowest BCUT2D eigenvalue weighted by Gasteiger charge is -2.21. The Labute approximate surface area is 121 Å². The third-order valence-corrected chi connectivity index (χ3v) is 3.52. The van der Waals surface area contributed by atoms with E-state index in [1.165, 1.54) is 16.5 Å².